The summed E-state index contributed by atoms with van der Waals surface area (Å²) in [7, 11) is 0. The number of hydrogen-bond donors (Lipinski definition) is 0. The van der Waals surface area contributed by atoms with Crippen LogP contribution in [0.1, 0.15) is 29.7 Å². The Balaban J connectivity index is 1.46. The van der Waals surface area contributed by atoms with Crippen LogP contribution in [-0.2, 0) is 24.3 Å². The van der Waals surface area contributed by atoms with Crippen molar-refractivity contribution in [1.29, 1.82) is 0 Å². The molecule has 0 saturated carbocycles. The van der Waals surface area contributed by atoms with Crippen molar-refractivity contribution in [2.24, 2.45) is 0 Å². The Morgan fingerprint density at radius 3 is 2.75 bits per heavy atom. The third kappa shape index (κ3) is 3.06. The third-order valence-corrected chi connectivity index (χ3v) is 5.18. The molecule has 2 aliphatic rings. The lowest BCUT2D eigenvalue weighted by atomic mass is 9.99. The topological polar surface area (TPSA) is 36.4 Å². The van der Waals surface area contributed by atoms with Crippen LogP contribution in [0.3, 0.4) is 0 Å². The van der Waals surface area contributed by atoms with Gasteiger partial charge in [0.05, 0.1) is 11.7 Å². The van der Waals surface area contributed by atoms with Gasteiger partial charge in [-0.1, -0.05) is 30.3 Å². The largest absolute Gasteiger partial charge is 0.337 e. The number of aromatic nitrogens is 1. The zero-order chi connectivity index (χ0) is 16.4. The molecule has 1 fully saturated rings. The molecule has 0 aliphatic carbocycles. The molecule has 0 spiro atoms. The molecule has 0 bridgehead atoms. The molecule has 124 valence electrons. The molecule has 24 heavy (non-hydrogen) atoms. The molecular weight excluding hydrogens is 298 g/mol. The number of hydrogen-bond acceptors (Lipinski definition) is 3. The Labute approximate surface area is 143 Å². The summed E-state index contributed by atoms with van der Waals surface area (Å²) in [5.41, 5.74) is 3.73. The van der Waals surface area contributed by atoms with Gasteiger partial charge in [0, 0.05) is 25.8 Å². The predicted octanol–water partition coefficient (Wildman–Crippen LogP) is 2.63. The van der Waals surface area contributed by atoms with Crippen molar-refractivity contribution in [3.05, 3.63) is 65.5 Å². The summed E-state index contributed by atoms with van der Waals surface area (Å²) in [4.78, 5) is 21.8. The Morgan fingerprint density at radius 2 is 1.92 bits per heavy atom. The second-order valence-corrected chi connectivity index (χ2v) is 6.73. The number of amides is 1. The van der Waals surface area contributed by atoms with Crippen LogP contribution in [0.2, 0.25) is 0 Å². The number of pyridine rings is 1. The number of carbonyl (C=O) groups excluding carboxylic acids is 1. The number of carbonyl (C=O) groups is 1. The average molecular weight is 321 g/mol. The van der Waals surface area contributed by atoms with Crippen LogP contribution in [0.4, 0.5) is 0 Å². The summed E-state index contributed by atoms with van der Waals surface area (Å²) >= 11 is 0. The highest BCUT2D eigenvalue weighted by atomic mass is 16.2. The highest BCUT2D eigenvalue weighted by molar-refractivity contribution is 5.82. The van der Waals surface area contributed by atoms with E-state index in [1.807, 2.05) is 29.3 Å². The van der Waals surface area contributed by atoms with Gasteiger partial charge in [-0.25, -0.2) is 0 Å². The molecule has 4 heteroatoms. The lowest BCUT2D eigenvalue weighted by molar-refractivity contribution is -0.137. The maximum absolute atomic E-state index is 13.1. The number of likely N-dealkylation sites (tertiary alicyclic amines) is 1. The van der Waals surface area contributed by atoms with Crippen molar-refractivity contribution in [3.8, 4) is 0 Å². The monoisotopic (exact) mass is 321 g/mol. The van der Waals surface area contributed by atoms with E-state index in [0.717, 1.165) is 51.1 Å². The van der Waals surface area contributed by atoms with E-state index in [2.05, 4.69) is 34.1 Å². The Bertz CT molecular complexity index is 716. The molecular formula is C20H23N3O. The first-order valence-electron chi connectivity index (χ1n) is 8.81. The third-order valence-electron chi connectivity index (χ3n) is 5.18. The van der Waals surface area contributed by atoms with Crippen molar-refractivity contribution in [3.63, 3.8) is 0 Å². The Morgan fingerprint density at radius 1 is 1.08 bits per heavy atom. The fourth-order valence-corrected chi connectivity index (χ4v) is 3.89. The summed E-state index contributed by atoms with van der Waals surface area (Å²) in [5, 5.41) is 0. The number of nitrogens with zero attached hydrogens (tertiary/aromatic N) is 3. The second-order valence-electron chi connectivity index (χ2n) is 6.73. The molecule has 4 rings (SSSR count). The van der Waals surface area contributed by atoms with Gasteiger partial charge in [0.1, 0.15) is 0 Å². The van der Waals surface area contributed by atoms with Crippen LogP contribution in [-0.4, -0.2) is 39.8 Å². The van der Waals surface area contributed by atoms with Gasteiger partial charge < -0.3 is 4.90 Å². The summed E-state index contributed by atoms with van der Waals surface area (Å²) in [6, 6.07) is 14.5. The minimum atomic E-state index is 0.0114. The minimum Gasteiger partial charge on any atom is -0.337 e. The first-order valence-corrected chi connectivity index (χ1v) is 8.81. The molecule has 2 aliphatic heterocycles. The van der Waals surface area contributed by atoms with Gasteiger partial charge in [-0.3, -0.25) is 14.7 Å². The van der Waals surface area contributed by atoms with E-state index >= 15 is 0 Å². The van der Waals surface area contributed by atoms with Crippen molar-refractivity contribution in [1.82, 2.24) is 14.8 Å². The molecule has 1 aromatic heterocycles. The standard InChI is InChI=1S/C20H23N3O/c24-20(23-13-10-16-6-1-2-7-17(16)14-23)19-9-5-12-22(19)15-18-8-3-4-11-21-18/h1-4,6-8,11,19H,5,9-10,12-15H2. The van der Waals surface area contributed by atoms with Crippen molar-refractivity contribution in [2.75, 3.05) is 13.1 Å². The van der Waals surface area contributed by atoms with Crippen molar-refractivity contribution in [2.45, 2.75) is 38.4 Å². The normalized spacial score (nSPS) is 20.8. The van der Waals surface area contributed by atoms with Crippen LogP contribution >= 0.6 is 0 Å². The molecule has 1 atom stereocenters. The van der Waals surface area contributed by atoms with E-state index in [1.54, 1.807) is 0 Å². The van der Waals surface area contributed by atoms with E-state index in [-0.39, 0.29) is 11.9 Å². The quantitative estimate of drug-likeness (QED) is 0.872. The van der Waals surface area contributed by atoms with E-state index < -0.39 is 0 Å². The summed E-state index contributed by atoms with van der Waals surface area (Å²) in [5.74, 6) is 0.290. The van der Waals surface area contributed by atoms with Crippen LogP contribution in [0.5, 0.6) is 0 Å². The van der Waals surface area contributed by atoms with Crippen molar-refractivity contribution < 1.29 is 4.79 Å². The van der Waals surface area contributed by atoms with Crippen LogP contribution in [0, 0.1) is 0 Å². The molecule has 4 nitrogen and oxygen atoms in total. The Kier molecular flexibility index (Phi) is 4.30. The zero-order valence-corrected chi connectivity index (χ0v) is 13.9. The maximum atomic E-state index is 13.1. The first kappa shape index (κ1) is 15.3. The van der Waals surface area contributed by atoms with Gasteiger partial charge in [0.2, 0.25) is 5.91 Å². The first-order chi connectivity index (χ1) is 11.8. The number of fused-ring (bicyclic) bond motifs is 1. The van der Waals surface area contributed by atoms with Crippen LogP contribution < -0.4 is 0 Å². The minimum absolute atomic E-state index is 0.0114. The molecule has 1 unspecified atom stereocenters. The zero-order valence-electron chi connectivity index (χ0n) is 13.9. The van der Waals surface area contributed by atoms with Gasteiger partial charge >= 0.3 is 0 Å². The van der Waals surface area contributed by atoms with Crippen molar-refractivity contribution >= 4 is 5.91 Å². The van der Waals surface area contributed by atoms with E-state index in [4.69, 9.17) is 0 Å². The van der Waals surface area contributed by atoms with Gasteiger partial charge in [0.25, 0.3) is 0 Å². The lowest BCUT2D eigenvalue weighted by Gasteiger charge is -2.33. The summed E-state index contributed by atoms with van der Waals surface area (Å²) in [6.07, 6.45) is 4.84. The van der Waals surface area contributed by atoms with E-state index in [9.17, 15) is 4.79 Å². The Hall–Kier alpha value is -2.20. The van der Waals surface area contributed by atoms with E-state index in [1.165, 1.54) is 11.1 Å². The number of rotatable bonds is 3. The summed E-state index contributed by atoms with van der Waals surface area (Å²) < 4.78 is 0. The summed E-state index contributed by atoms with van der Waals surface area (Å²) in [6.45, 7) is 3.34. The predicted molar refractivity (Wildman–Crippen MR) is 93.2 cm³/mol. The highest BCUT2D eigenvalue weighted by Gasteiger charge is 2.34. The molecule has 1 amide bonds. The number of benzene rings is 1. The van der Waals surface area contributed by atoms with Gasteiger partial charge in [-0.2, -0.15) is 0 Å². The molecule has 1 saturated heterocycles. The molecule has 0 radical (unpaired) electrons. The van der Waals surface area contributed by atoms with Gasteiger partial charge in [-0.05, 0) is 49.1 Å². The lowest BCUT2D eigenvalue weighted by Crippen LogP contribution is -2.47. The molecule has 2 aromatic rings. The highest BCUT2D eigenvalue weighted by Crippen LogP contribution is 2.25. The fraction of sp³-hybridized carbons (Fsp3) is 0.400. The van der Waals surface area contributed by atoms with Crippen LogP contribution in [0.15, 0.2) is 48.7 Å². The van der Waals surface area contributed by atoms with E-state index in [0.29, 0.717) is 0 Å². The SMILES string of the molecule is O=C(C1CCCN1Cc1ccccn1)N1CCc2ccccc2C1. The molecule has 3 heterocycles. The average Bonchev–Trinajstić information content (AvgIpc) is 3.09. The maximum Gasteiger partial charge on any atom is 0.240 e. The smallest absolute Gasteiger partial charge is 0.240 e. The molecule has 1 aromatic carbocycles. The van der Waals surface area contributed by atoms with Gasteiger partial charge in [-0.15, -0.1) is 0 Å². The van der Waals surface area contributed by atoms with Gasteiger partial charge in [0.15, 0.2) is 0 Å². The second kappa shape index (κ2) is 6.73. The van der Waals surface area contributed by atoms with Crippen LogP contribution in [0.25, 0.3) is 0 Å². The fourth-order valence-electron chi connectivity index (χ4n) is 3.89. The molecule has 0 N–H and O–H groups in total.